The Labute approximate surface area is 131 Å². The number of phosphoric acid groups is 2. The van der Waals surface area contributed by atoms with Crippen LogP contribution in [0.1, 0.15) is 13.8 Å². The zero-order valence-electron chi connectivity index (χ0n) is 12.6. The normalized spacial score (nSPS) is 16.2. The minimum Gasteiger partial charge on any atom is -0.287 e. The van der Waals surface area contributed by atoms with Crippen molar-refractivity contribution >= 4 is 15.6 Å². The molecule has 126 valence electrons. The standard InChI is InChI=1S/C12H20O8P2/c1-5-9-17-21(13,15-7-3)19-11-12-20-22(14,16-8-4)18-10-6-2/h1-2H,7-12H2,3-4H3. The lowest BCUT2D eigenvalue weighted by atomic mass is 10.8. The molecule has 2 atom stereocenters. The fourth-order valence-electron chi connectivity index (χ4n) is 1.07. The molecule has 0 heterocycles. The van der Waals surface area contributed by atoms with Gasteiger partial charge in [0, 0.05) is 0 Å². The van der Waals surface area contributed by atoms with Gasteiger partial charge in [0.1, 0.15) is 13.2 Å². The highest BCUT2D eigenvalue weighted by Gasteiger charge is 2.28. The highest BCUT2D eigenvalue weighted by Crippen LogP contribution is 2.51. The summed E-state index contributed by atoms with van der Waals surface area (Å²) in [5.41, 5.74) is 0. The van der Waals surface area contributed by atoms with Crippen molar-refractivity contribution in [3.8, 4) is 24.7 Å². The molecule has 0 saturated carbocycles. The van der Waals surface area contributed by atoms with Gasteiger partial charge in [0.25, 0.3) is 0 Å². The smallest absolute Gasteiger partial charge is 0.287 e. The van der Waals surface area contributed by atoms with Crippen LogP contribution in [0.25, 0.3) is 0 Å². The van der Waals surface area contributed by atoms with E-state index in [1.54, 1.807) is 13.8 Å². The van der Waals surface area contributed by atoms with E-state index in [1.807, 2.05) is 0 Å². The minimum absolute atomic E-state index is 0.103. The zero-order chi connectivity index (χ0) is 16.9. The molecule has 2 unspecified atom stereocenters. The summed E-state index contributed by atoms with van der Waals surface area (Å²) in [6.07, 6.45) is 10.0. The second kappa shape index (κ2) is 11.8. The summed E-state index contributed by atoms with van der Waals surface area (Å²) in [6, 6.07) is 0. The molecule has 0 saturated heterocycles. The lowest BCUT2D eigenvalue weighted by Crippen LogP contribution is -2.08. The Morgan fingerprint density at radius 3 is 1.36 bits per heavy atom. The van der Waals surface area contributed by atoms with Gasteiger partial charge in [-0.05, 0) is 13.8 Å². The topological polar surface area (TPSA) is 89.5 Å². The predicted octanol–water partition coefficient (Wildman–Crippen LogP) is 2.61. The van der Waals surface area contributed by atoms with Crippen molar-refractivity contribution < 1.29 is 36.3 Å². The van der Waals surface area contributed by atoms with E-state index in [0.717, 1.165) is 0 Å². The minimum atomic E-state index is -3.78. The molecule has 0 aliphatic rings. The van der Waals surface area contributed by atoms with Crippen LogP contribution in [0, 0.1) is 24.7 Å². The number of hydrogen-bond acceptors (Lipinski definition) is 8. The van der Waals surface area contributed by atoms with Crippen LogP contribution in [0.5, 0.6) is 0 Å². The SMILES string of the molecule is C#CCOP(=O)(OCC)OCCOP(=O)(OCC)OCC#C. The molecule has 22 heavy (non-hydrogen) atoms. The summed E-state index contributed by atoms with van der Waals surface area (Å²) in [5, 5.41) is 0. The van der Waals surface area contributed by atoms with Crippen LogP contribution in [-0.4, -0.2) is 39.6 Å². The first kappa shape index (κ1) is 21.3. The van der Waals surface area contributed by atoms with E-state index >= 15 is 0 Å². The molecule has 0 aliphatic carbocycles. The first-order chi connectivity index (χ1) is 10.4. The lowest BCUT2D eigenvalue weighted by Gasteiger charge is -2.18. The molecule has 0 fully saturated rings. The molecule has 0 aliphatic heterocycles. The maximum atomic E-state index is 12.0. The van der Waals surface area contributed by atoms with Crippen LogP contribution in [-0.2, 0) is 36.3 Å². The molecule has 0 aromatic carbocycles. The van der Waals surface area contributed by atoms with Gasteiger partial charge in [-0.2, -0.15) is 0 Å². The third-order valence-electron chi connectivity index (χ3n) is 1.77. The summed E-state index contributed by atoms with van der Waals surface area (Å²) < 4.78 is 53.4. The predicted molar refractivity (Wildman–Crippen MR) is 79.9 cm³/mol. The molecule has 0 amide bonds. The van der Waals surface area contributed by atoms with Crippen LogP contribution in [0.3, 0.4) is 0 Å². The van der Waals surface area contributed by atoms with Crippen molar-refractivity contribution in [1.29, 1.82) is 0 Å². The fourth-order valence-corrected chi connectivity index (χ4v) is 3.21. The Morgan fingerprint density at radius 1 is 0.727 bits per heavy atom. The van der Waals surface area contributed by atoms with E-state index in [-0.39, 0.29) is 39.6 Å². The largest absolute Gasteiger partial charge is 0.475 e. The molecule has 0 radical (unpaired) electrons. The molecular weight excluding hydrogens is 334 g/mol. The van der Waals surface area contributed by atoms with Crippen molar-refractivity contribution in [2.24, 2.45) is 0 Å². The maximum absolute atomic E-state index is 12.0. The molecule has 0 aromatic rings. The average Bonchev–Trinajstić information content (AvgIpc) is 2.49. The van der Waals surface area contributed by atoms with E-state index in [1.165, 1.54) is 0 Å². The molecule has 0 bridgehead atoms. The molecule has 8 nitrogen and oxygen atoms in total. The number of hydrogen-bond donors (Lipinski definition) is 0. The fraction of sp³-hybridized carbons (Fsp3) is 0.667. The number of rotatable bonds is 13. The van der Waals surface area contributed by atoms with Crippen LogP contribution in [0.2, 0.25) is 0 Å². The first-order valence-electron chi connectivity index (χ1n) is 6.39. The first-order valence-corrected chi connectivity index (χ1v) is 9.31. The van der Waals surface area contributed by atoms with Gasteiger partial charge >= 0.3 is 15.6 Å². The Balaban J connectivity index is 4.35. The molecule has 0 spiro atoms. The maximum Gasteiger partial charge on any atom is 0.475 e. The Kier molecular flexibility index (Phi) is 11.5. The molecule has 0 aromatic heterocycles. The van der Waals surface area contributed by atoms with Gasteiger partial charge in [0.15, 0.2) is 0 Å². The molecular formula is C12H20O8P2. The highest BCUT2D eigenvalue weighted by atomic mass is 31.2. The molecule has 0 N–H and O–H groups in total. The summed E-state index contributed by atoms with van der Waals surface area (Å²) in [7, 11) is -7.56. The van der Waals surface area contributed by atoms with Gasteiger partial charge in [-0.25, -0.2) is 9.13 Å². The quantitative estimate of drug-likeness (QED) is 0.283. The molecule has 0 rings (SSSR count). The van der Waals surface area contributed by atoms with Crippen molar-refractivity contribution in [3.05, 3.63) is 0 Å². The van der Waals surface area contributed by atoms with Gasteiger partial charge in [-0.1, -0.05) is 11.8 Å². The zero-order valence-corrected chi connectivity index (χ0v) is 14.3. The van der Waals surface area contributed by atoms with Crippen LogP contribution >= 0.6 is 15.6 Å². The van der Waals surface area contributed by atoms with Gasteiger partial charge in [-0.15, -0.1) is 12.8 Å². The summed E-state index contributed by atoms with van der Waals surface area (Å²) in [6.45, 7) is 2.49. The van der Waals surface area contributed by atoms with Gasteiger partial charge < -0.3 is 0 Å². The Hall–Kier alpha value is -0.660. The van der Waals surface area contributed by atoms with E-state index in [4.69, 9.17) is 40.0 Å². The van der Waals surface area contributed by atoms with Crippen molar-refractivity contribution in [1.82, 2.24) is 0 Å². The number of phosphoric ester groups is 2. The van der Waals surface area contributed by atoms with Crippen molar-refractivity contribution in [3.63, 3.8) is 0 Å². The van der Waals surface area contributed by atoms with E-state index in [0.29, 0.717) is 0 Å². The second-order valence-electron chi connectivity index (χ2n) is 3.35. The van der Waals surface area contributed by atoms with Crippen molar-refractivity contribution in [2.75, 3.05) is 39.6 Å². The average molecular weight is 354 g/mol. The van der Waals surface area contributed by atoms with Crippen LogP contribution < -0.4 is 0 Å². The van der Waals surface area contributed by atoms with Crippen LogP contribution in [0.15, 0.2) is 0 Å². The summed E-state index contributed by atoms with van der Waals surface area (Å²) in [4.78, 5) is 0. The third kappa shape index (κ3) is 9.38. The van der Waals surface area contributed by atoms with Crippen molar-refractivity contribution in [2.45, 2.75) is 13.8 Å². The summed E-state index contributed by atoms with van der Waals surface area (Å²) in [5.74, 6) is 4.29. The second-order valence-corrected chi connectivity index (χ2v) is 6.69. The molecule has 10 heteroatoms. The number of terminal acetylenes is 2. The monoisotopic (exact) mass is 354 g/mol. The van der Waals surface area contributed by atoms with E-state index in [2.05, 4.69) is 11.8 Å². The van der Waals surface area contributed by atoms with Gasteiger partial charge in [-0.3, -0.25) is 27.1 Å². The third-order valence-corrected chi connectivity index (χ3v) is 4.81. The summed E-state index contributed by atoms with van der Waals surface area (Å²) >= 11 is 0. The lowest BCUT2D eigenvalue weighted by molar-refractivity contribution is 0.0854. The van der Waals surface area contributed by atoms with Crippen LogP contribution in [0.4, 0.5) is 0 Å². The Morgan fingerprint density at radius 2 is 1.09 bits per heavy atom. The van der Waals surface area contributed by atoms with Gasteiger partial charge in [0.2, 0.25) is 0 Å². The van der Waals surface area contributed by atoms with E-state index in [9.17, 15) is 9.13 Å². The van der Waals surface area contributed by atoms with Gasteiger partial charge in [0.05, 0.1) is 26.4 Å². The van der Waals surface area contributed by atoms with E-state index < -0.39 is 15.6 Å². The Bertz CT molecular complexity index is 434. The highest BCUT2D eigenvalue weighted by molar-refractivity contribution is 7.48.